The van der Waals surface area contributed by atoms with E-state index in [0.29, 0.717) is 75.6 Å². The monoisotopic (exact) mass is 1060 g/mol. The largest absolute Gasteiger partial charge is 0.497 e. The highest BCUT2D eigenvalue weighted by molar-refractivity contribution is 6.91. The van der Waals surface area contributed by atoms with Crippen LogP contribution < -0.4 is 45.1 Å². The summed E-state index contributed by atoms with van der Waals surface area (Å²) in [5.74, 6) is 0.125. The molecular weight excluding hydrogens is 985 g/mol. The van der Waals surface area contributed by atoms with Gasteiger partial charge < -0.3 is 44.8 Å². The fraction of sp³-hybridized carbons (Fsp3) is 0.443. The van der Waals surface area contributed by atoms with Crippen LogP contribution in [-0.4, -0.2) is 125 Å². The molecule has 0 unspecified atom stereocenters. The Labute approximate surface area is 453 Å². The molecule has 402 valence electrons. The van der Waals surface area contributed by atoms with Crippen molar-refractivity contribution >= 4 is 65.3 Å². The molecule has 0 radical (unpaired) electrons. The predicted octanol–water partition coefficient (Wildman–Crippen LogP) is 6.70. The fourth-order valence-corrected chi connectivity index (χ4v) is 18.8. The van der Waals surface area contributed by atoms with E-state index in [1.807, 2.05) is 111 Å². The van der Waals surface area contributed by atoms with Gasteiger partial charge in [0, 0.05) is 40.8 Å². The van der Waals surface area contributed by atoms with Crippen LogP contribution in [0.2, 0.25) is 18.6 Å². The van der Waals surface area contributed by atoms with Crippen LogP contribution in [0.3, 0.4) is 0 Å². The number of nitrogens with one attached hydrogen (secondary N) is 2. The highest BCUT2D eigenvalue weighted by Gasteiger charge is 2.67. The van der Waals surface area contributed by atoms with Crippen molar-refractivity contribution in [3.63, 3.8) is 0 Å². The molecule has 12 rings (SSSR count). The topological polar surface area (TPSA) is 150 Å². The van der Waals surface area contributed by atoms with Gasteiger partial charge in [-0.05, 0) is 143 Å². The summed E-state index contributed by atoms with van der Waals surface area (Å²) in [5.41, 5.74) is 2.48. The number of likely N-dealkylation sites (tertiary alicyclic amines) is 1. The number of aliphatic hydroxyl groups excluding tert-OH is 1. The number of nitrogens with zero attached hydrogens (tertiary/aromatic N) is 6. The van der Waals surface area contributed by atoms with Crippen LogP contribution in [0.5, 0.6) is 5.75 Å². The number of amides is 4. The normalized spacial score (nSPS) is 25.8. The van der Waals surface area contributed by atoms with Crippen LogP contribution in [0.4, 0.5) is 28.4 Å². The number of carbonyl (C=O) groups excluding carboxylic acids is 4. The van der Waals surface area contributed by atoms with Gasteiger partial charge in [-0.25, -0.2) is 0 Å². The van der Waals surface area contributed by atoms with Gasteiger partial charge in [0.25, 0.3) is 17.7 Å². The van der Waals surface area contributed by atoms with Crippen LogP contribution in [-0.2, 0) is 36.1 Å². The zero-order valence-corrected chi connectivity index (χ0v) is 45.8. The van der Waals surface area contributed by atoms with Gasteiger partial charge in [0.05, 0.1) is 65.9 Å². The summed E-state index contributed by atoms with van der Waals surface area (Å²) in [7, 11) is -1.02. The predicted molar refractivity (Wildman–Crippen MR) is 302 cm³/mol. The van der Waals surface area contributed by atoms with E-state index in [1.165, 1.54) is 0 Å². The molecule has 5 aromatic carbocycles. The van der Waals surface area contributed by atoms with E-state index in [-0.39, 0.29) is 54.8 Å². The molecular formula is C61H72N8O7Si. The second kappa shape index (κ2) is 20.0. The van der Waals surface area contributed by atoms with Crippen molar-refractivity contribution in [2.45, 2.75) is 106 Å². The Kier molecular flexibility index (Phi) is 13.3. The van der Waals surface area contributed by atoms with E-state index >= 15 is 9.59 Å². The molecule has 77 heavy (non-hydrogen) atoms. The number of hydrogen-bond acceptors (Lipinski definition) is 11. The molecule has 6 fully saturated rings. The molecule has 0 aromatic heterocycles. The van der Waals surface area contributed by atoms with Crippen molar-refractivity contribution in [3.05, 3.63) is 139 Å². The van der Waals surface area contributed by atoms with Gasteiger partial charge >= 0.3 is 0 Å². The Bertz CT molecular complexity index is 3040. The first-order chi connectivity index (χ1) is 37.3. The van der Waals surface area contributed by atoms with Crippen molar-refractivity contribution in [2.24, 2.45) is 5.92 Å². The van der Waals surface area contributed by atoms with Gasteiger partial charge in [0.2, 0.25) is 5.91 Å². The molecule has 4 amide bonds. The van der Waals surface area contributed by atoms with Gasteiger partial charge in [-0.2, -0.15) is 0 Å². The van der Waals surface area contributed by atoms with Crippen LogP contribution in [0.25, 0.3) is 0 Å². The van der Waals surface area contributed by atoms with Crippen LogP contribution in [0.1, 0.15) is 63.0 Å². The van der Waals surface area contributed by atoms with Gasteiger partial charge in [-0.15, -0.1) is 0 Å². The maximum Gasteiger partial charge on any atom is 0.264 e. The van der Waals surface area contributed by atoms with E-state index in [9.17, 15) is 14.7 Å². The van der Waals surface area contributed by atoms with Crippen molar-refractivity contribution in [1.29, 1.82) is 0 Å². The summed E-state index contributed by atoms with van der Waals surface area (Å²) >= 11 is 0. The van der Waals surface area contributed by atoms with Crippen molar-refractivity contribution in [1.82, 2.24) is 15.5 Å². The molecule has 5 atom stereocenters. The molecule has 15 nitrogen and oxygen atoms in total. The Morgan fingerprint density at radius 2 is 1.29 bits per heavy atom. The molecule has 6 saturated heterocycles. The van der Waals surface area contributed by atoms with Gasteiger partial charge in [0.15, 0.2) is 5.60 Å². The lowest BCUT2D eigenvalue weighted by Gasteiger charge is -2.39. The number of aliphatic hydroxyl groups is 1. The molecule has 3 spiro atoms. The Morgan fingerprint density at radius 1 is 0.714 bits per heavy atom. The average molecular weight is 1060 g/mol. The lowest BCUT2D eigenvalue weighted by atomic mass is 9.82. The van der Waals surface area contributed by atoms with E-state index in [4.69, 9.17) is 9.47 Å². The fourth-order valence-electron chi connectivity index (χ4n) is 14.8. The number of rotatable bonds is 12. The first-order valence-corrected chi connectivity index (χ1v) is 30.9. The molecule has 3 N–H and O–H groups in total. The summed E-state index contributed by atoms with van der Waals surface area (Å²) in [6, 6.07) is 42.3. The Balaban J connectivity index is 0.957. The molecule has 0 saturated carbocycles. The van der Waals surface area contributed by atoms with E-state index in [2.05, 4.69) is 76.8 Å². The third kappa shape index (κ3) is 8.27. The number of anilines is 5. The van der Waals surface area contributed by atoms with Gasteiger partial charge in [0.1, 0.15) is 16.8 Å². The lowest BCUT2D eigenvalue weighted by molar-refractivity contribution is -0.150. The van der Waals surface area contributed by atoms with E-state index in [1.54, 1.807) is 7.11 Å². The molecule has 7 aliphatic heterocycles. The number of ether oxygens (including phenoxy) is 2. The first-order valence-electron chi connectivity index (χ1n) is 27.8. The number of fused-ring (bicyclic) bond motifs is 2. The van der Waals surface area contributed by atoms with E-state index in [0.717, 1.165) is 59.5 Å². The lowest BCUT2D eigenvalue weighted by Crippen LogP contribution is -2.55. The minimum absolute atomic E-state index is 0.0299. The molecule has 7 aliphatic rings. The number of piperidine rings is 2. The smallest absolute Gasteiger partial charge is 0.264 e. The molecule has 7 heterocycles. The minimum atomic E-state index is -2.67. The average Bonchev–Trinajstić information content (AvgIpc) is 4.35. The zero-order valence-electron chi connectivity index (χ0n) is 44.8. The number of carbonyl (C=O) groups is 4. The van der Waals surface area contributed by atoms with Crippen molar-refractivity contribution < 1.29 is 33.8 Å². The Morgan fingerprint density at radius 3 is 1.86 bits per heavy atom. The molecule has 16 heteroatoms. The van der Waals surface area contributed by atoms with Crippen molar-refractivity contribution in [3.8, 4) is 5.75 Å². The maximum absolute atomic E-state index is 16.3. The Hall–Kier alpha value is -6.56. The highest BCUT2D eigenvalue weighted by atomic mass is 28.3. The third-order valence-corrected chi connectivity index (χ3v) is 23.2. The standard InChI is InChI=1S/C61H72N8O7Si/c1-42-55(77(3,4)50-23-21-49(75-2)22-24-50)53(37-54(71)64-34-12-19-48(64)39-70)76-61(42)51-36-47(67-41-69(45-16-9-6-10-17-45)60(57(67)73)28-32-63-33-29-60)20-25-52(51)65(58(61)74)38-43-13-11-18-46(35-43)66-40-68(44-14-7-5-8-15-44)59(56(66)72)26-30-62-31-27-59/h5-11,13-18,20-25,35-36,42,48,53,55,62-63,70H,12,19,26-34,37-41H2,1-4H3/t42-,48+,53+,55-,61+/m1/s1. The summed E-state index contributed by atoms with van der Waals surface area (Å²) in [4.78, 5) is 73.1. The molecule has 5 aromatic rings. The molecule has 0 bridgehead atoms. The van der Waals surface area contributed by atoms with Crippen LogP contribution in [0.15, 0.2) is 127 Å². The third-order valence-electron chi connectivity index (χ3n) is 18.9. The van der Waals surface area contributed by atoms with Crippen molar-refractivity contribution in [2.75, 3.05) is 84.3 Å². The summed E-state index contributed by atoms with van der Waals surface area (Å²) in [6.07, 6.45) is 3.64. The zero-order chi connectivity index (χ0) is 53.3. The van der Waals surface area contributed by atoms with Gasteiger partial charge in [-0.1, -0.05) is 85.9 Å². The molecule has 0 aliphatic carbocycles. The SMILES string of the molecule is COc1ccc([Si](C)(C)[C@H]2[C@H](CC(=O)N3CCC[C@H]3CO)O[C@@]3(C(=O)N(Cc4cccc(N5CN(c6ccccc6)C6(CCNCC6)C5=O)c4)c4ccc(N5CN(c6ccccc6)C6(CCNCC6)C5=O)cc43)[C@@H]2C)cc1. The maximum atomic E-state index is 16.3. The summed E-state index contributed by atoms with van der Waals surface area (Å²) in [6.45, 7) is 11.1. The number of benzene rings is 5. The number of methoxy groups -OCH3 is 1. The number of hydrogen-bond donors (Lipinski definition) is 3. The summed E-state index contributed by atoms with van der Waals surface area (Å²) in [5, 5.41) is 18.5. The summed E-state index contributed by atoms with van der Waals surface area (Å²) < 4.78 is 13.2. The van der Waals surface area contributed by atoms with Crippen LogP contribution in [0, 0.1) is 5.92 Å². The highest BCUT2D eigenvalue weighted by Crippen LogP contribution is 2.61. The second-order valence-electron chi connectivity index (χ2n) is 23.0. The second-order valence-corrected chi connectivity index (χ2v) is 27.7. The van der Waals surface area contributed by atoms with Gasteiger partial charge in [-0.3, -0.25) is 29.0 Å². The number of para-hydroxylation sites is 2. The first kappa shape index (κ1) is 51.2. The quantitative estimate of drug-likeness (QED) is 0.115. The minimum Gasteiger partial charge on any atom is -0.497 e. The van der Waals surface area contributed by atoms with Crippen LogP contribution >= 0.6 is 0 Å². The van der Waals surface area contributed by atoms with E-state index < -0.39 is 36.8 Å².